The Kier molecular flexibility index (Phi) is 5.55. The van der Waals surface area contributed by atoms with Gasteiger partial charge in [0.15, 0.2) is 0 Å². The summed E-state index contributed by atoms with van der Waals surface area (Å²) in [6.07, 6.45) is -0.343. The second-order valence-corrected chi connectivity index (χ2v) is 3.67. The Hall–Kier alpha value is -1.50. The quantitative estimate of drug-likeness (QED) is 0.695. The molecule has 98 valence electrons. The van der Waals surface area contributed by atoms with Crippen molar-refractivity contribution in [3.8, 4) is 0 Å². The van der Waals surface area contributed by atoms with E-state index in [4.69, 9.17) is 4.74 Å². The molecule has 1 heterocycles. The lowest BCUT2D eigenvalue weighted by Gasteiger charge is -2.33. The van der Waals surface area contributed by atoms with Gasteiger partial charge in [-0.1, -0.05) is 0 Å². The van der Waals surface area contributed by atoms with E-state index in [0.29, 0.717) is 39.3 Å². The van der Waals surface area contributed by atoms with E-state index < -0.39 is 0 Å². The largest absolute Gasteiger partial charge is 0.453 e. The topological polar surface area (TPSA) is 71.1 Å². The Bertz CT molecular complexity index is 264. The molecule has 0 aromatic heterocycles. The van der Waals surface area contributed by atoms with Gasteiger partial charge in [-0.05, 0) is 0 Å². The fourth-order valence-corrected chi connectivity index (χ4v) is 1.59. The van der Waals surface area contributed by atoms with Crippen LogP contribution in [0.15, 0.2) is 0 Å². The maximum atomic E-state index is 11.6. The molecule has 0 bridgehead atoms. The Balaban J connectivity index is 2.26. The van der Waals surface area contributed by atoms with Crippen molar-refractivity contribution in [2.45, 2.75) is 0 Å². The third-order valence-electron chi connectivity index (χ3n) is 2.58. The molecule has 0 radical (unpaired) electrons. The molecule has 0 saturated carbocycles. The summed E-state index contributed by atoms with van der Waals surface area (Å²) in [5.41, 5.74) is 0. The van der Waals surface area contributed by atoms with E-state index in [9.17, 15) is 9.59 Å². The second-order valence-electron chi connectivity index (χ2n) is 3.67. The van der Waals surface area contributed by atoms with E-state index in [-0.39, 0.29) is 12.1 Å². The number of amides is 3. The van der Waals surface area contributed by atoms with Gasteiger partial charge in [0.25, 0.3) is 0 Å². The Morgan fingerprint density at radius 2 is 1.71 bits per heavy atom. The minimum atomic E-state index is -0.343. The van der Waals surface area contributed by atoms with Crippen molar-refractivity contribution >= 4 is 12.1 Å². The van der Waals surface area contributed by atoms with Gasteiger partial charge in [0.2, 0.25) is 0 Å². The SMILES string of the molecule is COCCNC(=O)N1CCN(C(=O)OC)CC1. The molecule has 0 unspecified atom stereocenters. The average Bonchev–Trinajstić information content (AvgIpc) is 2.38. The van der Waals surface area contributed by atoms with Crippen LogP contribution in [0.2, 0.25) is 0 Å². The van der Waals surface area contributed by atoms with Crippen LogP contribution in [0.5, 0.6) is 0 Å². The van der Waals surface area contributed by atoms with E-state index in [1.807, 2.05) is 0 Å². The number of nitrogens with one attached hydrogen (secondary N) is 1. The fourth-order valence-electron chi connectivity index (χ4n) is 1.59. The lowest BCUT2D eigenvalue weighted by atomic mass is 10.3. The summed E-state index contributed by atoms with van der Waals surface area (Å²) in [5.74, 6) is 0. The molecule has 1 aliphatic heterocycles. The number of methoxy groups -OCH3 is 2. The summed E-state index contributed by atoms with van der Waals surface area (Å²) in [7, 11) is 2.94. The third kappa shape index (κ3) is 4.10. The highest BCUT2D eigenvalue weighted by Gasteiger charge is 2.23. The molecule has 0 aliphatic carbocycles. The number of urea groups is 1. The first-order valence-corrected chi connectivity index (χ1v) is 5.53. The van der Waals surface area contributed by atoms with Crippen LogP contribution < -0.4 is 5.32 Å². The van der Waals surface area contributed by atoms with Gasteiger partial charge in [-0.15, -0.1) is 0 Å². The van der Waals surface area contributed by atoms with Crippen molar-refractivity contribution in [2.24, 2.45) is 0 Å². The van der Waals surface area contributed by atoms with Crippen molar-refractivity contribution in [2.75, 3.05) is 53.6 Å². The maximum absolute atomic E-state index is 11.6. The van der Waals surface area contributed by atoms with Gasteiger partial charge in [-0.2, -0.15) is 0 Å². The summed E-state index contributed by atoms with van der Waals surface area (Å²) in [6, 6.07) is -0.119. The first kappa shape index (κ1) is 13.6. The van der Waals surface area contributed by atoms with Crippen LogP contribution in [-0.4, -0.2) is 75.5 Å². The molecule has 1 rings (SSSR count). The lowest BCUT2D eigenvalue weighted by Crippen LogP contribution is -2.53. The highest BCUT2D eigenvalue weighted by molar-refractivity contribution is 5.74. The molecule has 0 spiro atoms. The maximum Gasteiger partial charge on any atom is 0.409 e. The van der Waals surface area contributed by atoms with Gasteiger partial charge < -0.3 is 24.6 Å². The van der Waals surface area contributed by atoms with E-state index in [0.717, 1.165) is 0 Å². The minimum Gasteiger partial charge on any atom is -0.453 e. The highest BCUT2D eigenvalue weighted by Crippen LogP contribution is 2.03. The number of carbonyl (C=O) groups excluding carboxylic acids is 2. The van der Waals surface area contributed by atoms with Gasteiger partial charge >= 0.3 is 12.1 Å². The predicted octanol–water partition coefficient (Wildman–Crippen LogP) is -0.274. The second kappa shape index (κ2) is 6.95. The van der Waals surface area contributed by atoms with Crippen molar-refractivity contribution in [1.82, 2.24) is 15.1 Å². The predicted molar refractivity (Wildman–Crippen MR) is 60.8 cm³/mol. The fraction of sp³-hybridized carbons (Fsp3) is 0.800. The number of rotatable bonds is 3. The molecule has 1 N–H and O–H groups in total. The van der Waals surface area contributed by atoms with E-state index >= 15 is 0 Å². The zero-order chi connectivity index (χ0) is 12.7. The van der Waals surface area contributed by atoms with Gasteiger partial charge in [-0.3, -0.25) is 0 Å². The van der Waals surface area contributed by atoms with Crippen LogP contribution in [0.25, 0.3) is 0 Å². The molecule has 3 amide bonds. The van der Waals surface area contributed by atoms with Crippen molar-refractivity contribution < 1.29 is 19.1 Å². The molecule has 17 heavy (non-hydrogen) atoms. The van der Waals surface area contributed by atoms with Gasteiger partial charge in [0, 0.05) is 39.8 Å². The third-order valence-corrected chi connectivity index (χ3v) is 2.58. The molecule has 1 fully saturated rings. The van der Waals surface area contributed by atoms with Crippen LogP contribution >= 0.6 is 0 Å². The summed E-state index contributed by atoms with van der Waals surface area (Å²) < 4.78 is 9.46. The standard InChI is InChI=1S/C10H19N3O4/c1-16-8-3-11-9(14)12-4-6-13(7-5-12)10(15)17-2/h3-8H2,1-2H3,(H,11,14). The summed E-state index contributed by atoms with van der Waals surface area (Å²) in [5, 5.41) is 2.74. The summed E-state index contributed by atoms with van der Waals surface area (Å²) in [6.45, 7) is 3.04. The number of ether oxygens (including phenoxy) is 2. The van der Waals surface area contributed by atoms with Crippen LogP contribution in [0.4, 0.5) is 9.59 Å². The number of piperazine rings is 1. The van der Waals surface area contributed by atoms with Gasteiger partial charge in [0.1, 0.15) is 0 Å². The van der Waals surface area contributed by atoms with E-state index in [1.165, 1.54) is 7.11 Å². The Labute approximate surface area is 101 Å². The smallest absolute Gasteiger partial charge is 0.409 e. The van der Waals surface area contributed by atoms with Crippen molar-refractivity contribution in [1.29, 1.82) is 0 Å². The van der Waals surface area contributed by atoms with Crippen molar-refractivity contribution in [3.05, 3.63) is 0 Å². The molecule has 1 aliphatic rings. The van der Waals surface area contributed by atoms with E-state index in [2.05, 4.69) is 10.1 Å². The summed E-state index contributed by atoms with van der Waals surface area (Å²) in [4.78, 5) is 26.1. The van der Waals surface area contributed by atoms with Gasteiger partial charge in [0.05, 0.1) is 13.7 Å². The van der Waals surface area contributed by atoms with Crippen molar-refractivity contribution in [3.63, 3.8) is 0 Å². The van der Waals surface area contributed by atoms with Crippen LogP contribution in [0, 0.1) is 0 Å². The van der Waals surface area contributed by atoms with Crippen LogP contribution in [0.1, 0.15) is 0 Å². The Morgan fingerprint density at radius 1 is 1.12 bits per heavy atom. The number of hydrogen-bond acceptors (Lipinski definition) is 4. The molecule has 7 heteroatoms. The molecular formula is C10H19N3O4. The molecular weight excluding hydrogens is 226 g/mol. The van der Waals surface area contributed by atoms with E-state index in [1.54, 1.807) is 16.9 Å². The van der Waals surface area contributed by atoms with Crippen LogP contribution in [0.3, 0.4) is 0 Å². The molecule has 0 aromatic carbocycles. The highest BCUT2D eigenvalue weighted by atomic mass is 16.5. The molecule has 0 aromatic rings. The molecule has 0 atom stereocenters. The van der Waals surface area contributed by atoms with Gasteiger partial charge in [-0.25, -0.2) is 9.59 Å². The zero-order valence-corrected chi connectivity index (χ0v) is 10.3. The summed E-state index contributed by atoms with van der Waals surface area (Å²) >= 11 is 0. The molecule has 1 saturated heterocycles. The molecule has 7 nitrogen and oxygen atoms in total. The van der Waals surface area contributed by atoms with Crippen LogP contribution in [-0.2, 0) is 9.47 Å². The zero-order valence-electron chi connectivity index (χ0n) is 10.3. The number of nitrogens with zero attached hydrogens (tertiary/aromatic N) is 2. The first-order chi connectivity index (χ1) is 8.19. The first-order valence-electron chi connectivity index (χ1n) is 5.53. The Morgan fingerprint density at radius 3 is 2.24 bits per heavy atom. The average molecular weight is 245 g/mol. The minimum absolute atomic E-state index is 0.119. The number of carbonyl (C=O) groups is 2. The normalized spacial score (nSPS) is 15.6. The monoisotopic (exact) mass is 245 g/mol. The number of hydrogen-bond donors (Lipinski definition) is 1. The lowest BCUT2D eigenvalue weighted by molar-refractivity contribution is 0.0965.